The van der Waals surface area contributed by atoms with Crippen LogP contribution in [0.2, 0.25) is 0 Å². The molecule has 9 heteroatoms. The highest BCUT2D eigenvalue weighted by atomic mass is 16.6. The molecule has 0 aromatic heterocycles. The first-order valence-corrected chi connectivity index (χ1v) is 13.3. The van der Waals surface area contributed by atoms with Crippen molar-refractivity contribution in [3.8, 4) is 12.3 Å². The Balaban J connectivity index is 2.07. The van der Waals surface area contributed by atoms with Crippen LogP contribution in [0.3, 0.4) is 0 Å². The zero-order chi connectivity index (χ0) is 29.6. The number of alkyl carbamates (subject to hydrolysis) is 1. The molecule has 0 aliphatic heterocycles. The van der Waals surface area contributed by atoms with E-state index in [9.17, 15) is 19.2 Å². The second-order valence-electron chi connectivity index (χ2n) is 11.1. The van der Waals surface area contributed by atoms with Gasteiger partial charge in [0.1, 0.15) is 17.7 Å². The van der Waals surface area contributed by atoms with Crippen molar-refractivity contribution in [1.29, 1.82) is 0 Å². The van der Waals surface area contributed by atoms with Gasteiger partial charge in [0.15, 0.2) is 0 Å². The number of para-hydroxylation sites is 1. The van der Waals surface area contributed by atoms with Crippen LogP contribution in [-0.2, 0) is 19.1 Å². The molecule has 2 unspecified atom stereocenters. The normalized spacial score (nSPS) is 14.3. The first-order valence-electron chi connectivity index (χ1n) is 13.3. The van der Waals surface area contributed by atoms with E-state index >= 15 is 0 Å². The number of carbonyl (C=O) groups excluding carboxylic acids is 4. The molecule has 2 aromatic carbocycles. The van der Waals surface area contributed by atoms with Crippen molar-refractivity contribution in [3.63, 3.8) is 0 Å². The average Bonchev–Trinajstić information content (AvgIpc) is 3.71. The van der Waals surface area contributed by atoms with Gasteiger partial charge in [0.2, 0.25) is 11.8 Å². The average molecular weight is 547 g/mol. The molecule has 4 amide bonds. The molecule has 0 bridgehead atoms. The number of terminal acetylenes is 1. The number of nitrogens with two attached hydrogens (primary N) is 1. The van der Waals surface area contributed by atoms with Gasteiger partial charge >= 0.3 is 6.09 Å². The maximum absolute atomic E-state index is 14.2. The highest BCUT2D eigenvalue weighted by Crippen LogP contribution is 2.37. The molecule has 0 heterocycles. The zero-order valence-corrected chi connectivity index (χ0v) is 23.7. The number of primary amides is 1. The fraction of sp³-hybridized carbons (Fsp3) is 0.419. The van der Waals surface area contributed by atoms with Crippen LogP contribution >= 0.6 is 0 Å². The molecule has 0 spiro atoms. The maximum atomic E-state index is 14.2. The summed E-state index contributed by atoms with van der Waals surface area (Å²) in [7, 11) is 0. The summed E-state index contributed by atoms with van der Waals surface area (Å²) in [4.78, 5) is 54.1. The number of benzene rings is 2. The lowest BCUT2D eigenvalue weighted by Gasteiger charge is -2.35. The number of hydrogen-bond acceptors (Lipinski definition) is 5. The van der Waals surface area contributed by atoms with Gasteiger partial charge < -0.3 is 26.0 Å². The number of nitrogens with zero attached hydrogens (tertiary/aromatic N) is 1. The molecule has 1 aliphatic carbocycles. The van der Waals surface area contributed by atoms with Crippen molar-refractivity contribution in [1.82, 2.24) is 10.2 Å². The van der Waals surface area contributed by atoms with Crippen molar-refractivity contribution >= 4 is 29.5 Å². The molecule has 9 nitrogen and oxygen atoms in total. The van der Waals surface area contributed by atoms with E-state index in [0.717, 1.165) is 11.1 Å². The van der Waals surface area contributed by atoms with Crippen molar-refractivity contribution in [2.24, 2.45) is 5.73 Å². The molecule has 0 radical (unpaired) electrons. The highest BCUT2D eigenvalue weighted by molar-refractivity contribution is 6.00. The molecule has 212 valence electrons. The van der Waals surface area contributed by atoms with E-state index in [1.165, 1.54) is 4.90 Å². The molecule has 2 aromatic rings. The first-order chi connectivity index (χ1) is 18.8. The molecule has 0 saturated heterocycles. The third-order valence-corrected chi connectivity index (χ3v) is 6.53. The van der Waals surface area contributed by atoms with E-state index in [-0.39, 0.29) is 18.9 Å². The Morgan fingerprint density at radius 1 is 1.07 bits per heavy atom. The van der Waals surface area contributed by atoms with Crippen molar-refractivity contribution in [2.75, 3.05) is 5.32 Å². The van der Waals surface area contributed by atoms with Crippen molar-refractivity contribution < 1.29 is 23.9 Å². The lowest BCUT2D eigenvalue weighted by molar-refractivity contribution is -0.141. The molecular weight excluding hydrogens is 508 g/mol. The van der Waals surface area contributed by atoms with Gasteiger partial charge in [-0.3, -0.25) is 14.4 Å². The largest absolute Gasteiger partial charge is 0.444 e. The second-order valence-corrected chi connectivity index (χ2v) is 11.1. The summed E-state index contributed by atoms with van der Waals surface area (Å²) < 4.78 is 5.37. The Morgan fingerprint density at radius 2 is 1.70 bits per heavy atom. The Morgan fingerprint density at radius 3 is 2.25 bits per heavy atom. The van der Waals surface area contributed by atoms with Gasteiger partial charge in [-0.1, -0.05) is 42.3 Å². The Bertz CT molecular complexity index is 1300. The summed E-state index contributed by atoms with van der Waals surface area (Å²) in [5.74, 6) is 1.04. The number of aryl methyl sites for hydroxylation is 2. The standard InChI is InChI=1S/C31H38N4O5/c1-7-21-13-8-9-14-23(21)27(28(37)34-26-19(2)11-10-12-20(26)3)35(22-15-16-22)29(38)24(17-18-25(32)36)33-30(39)40-31(4,5)6/h1,8-14,22,24,27H,15-18H2,2-6H3,(H2,32,36)(H,33,39)(H,34,37). The van der Waals surface area contributed by atoms with E-state index in [2.05, 4.69) is 16.6 Å². The summed E-state index contributed by atoms with van der Waals surface area (Å²) >= 11 is 0. The van der Waals surface area contributed by atoms with Gasteiger partial charge in [-0.05, 0) is 76.6 Å². The highest BCUT2D eigenvalue weighted by Gasteiger charge is 2.44. The van der Waals surface area contributed by atoms with Crippen LogP contribution in [0.25, 0.3) is 0 Å². The molecule has 3 rings (SSSR count). The SMILES string of the molecule is C#Cc1ccccc1C(C(=O)Nc1c(C)cccc1C)N(C(=O)C(CCC(N)=O)NC(=O)OC(C)(C)C)C1CC1. The maximum Gasteiger partial charge on any atom is 0.408 e. The minimum absolute atomic E-state index is 0.0569. The molecule has 4 N–H and O–H groups in total. The molecule has 1 saturated carbocycles. The summed E-state index contributed by atoms with van der Waals surface area (Å²) in [6.07, 6.45) is 6.14. The van der Waals surface area contributed by atoms with E-state index in [1.54, 1.807) is 45.0 Å². The Hall–Kier alpha value is -4.32. The second kappa shape index (κ2) is 12.7. The third kappa shape index (κ3) is 7.85. The number of ether oxygens (including phenoxy) is 1. The summed E-state index contributed by atoms with van der Waals surface area (Å²) in [5.41, 5.74) is 7.91. The molecule has 40 heavy (non-hydrogen) atoms. The van der Waals surface area contributed by atoms with E-state index in [1.807, 2.05) is 32.0 Å². The summed E-state index contributed by atoms with van der Waals surface area (Å²) in [6, 6.07) is 10.1. The number of anilines is 1. The number of amides is 4. The Kier molecular flexibility index (Phi) is 9.59. The van der Waals surface area contributed by atoms with Gasteiger partial charge in [0.25, 0.3) is 5.91 Å². The van der Waals surface area contributed by atoms with Crippen molar-refractivity contribution in [3.05, 3.63) is 64.7 Å². The minimum Gasteiger partial charge on any atom is -0.444 e. The van der Waals surface area contributed by atoms with Gasteiger partial charge in [0, 0.05) is 23.7 Å². The smallest absolute Gasteiger partial charge is 0.408 e. The fourth-order valence-corrected chi connectivity index (χ4v) is 4.53. The molecule has 2 atom stereocenters. The third-order valence-electron chi connectivity index (χ3n) is 6.53. The van der Waals surface area contributed by atoms with Crippen LogP contribution in [-0.4, -0.2) is 46.4 Å². The zero-order valence-electron chi connectivity index (χ0n) is 23.7. The van der Waals surface area contributed by atoms with Crippen molar-refractivity contribution in [2.45, 2.75) is 84.0 Å². The summed E-state index contributed by atoms with van der Waals surface area (Å²) in [5, 5.41) is 5.62. The van der Waals surface area contributed by atoms with Crippen LogP contribution in [0.15, 0.2) is 42.5 Å². The van der Waals surface area contributed by atoms with Crippen LogP contribution in [0.5, 0.6) is 0 Å². The van der Waals surface area contributed by atoms with Crippen LogP contribution in [0.1, 0.15) is 74.8 Å². The van der Waals surface area contributed by atoms with E-state index in [4.69, 9.17) is 16.9 Å². The predicted octanol–water partition coefficient (Wildman–Crippen LogP) is 4.11. The van der Waals surface area contributed by atoms with Gasteiger partial charge in [-0.15, -0.1) is 6.42 Å². The lowest BCUT2D eigenvalue weighted by atomic mass is 9.96. The molecule has 1 aliphatic rings. The number of hydrogen-bond donors (Lipinski definition) is 3. The van der Waals surface area contributed by atoms with Gasteiger partial charge in [-0.2, -0.15) is 0 Å². The monoisotopic (exact) mass is 546 g/mol. The van der Waals surface area contributed by atoms with Crippen LogP contribution in [0, 0.1) is 26.2 Å². The van der Waals surface area contributed by atoms with Gasteiger partial charge in [0.05, 0.1) is 0 Å². The Labute approximate surface area is 235 Å². The molecule has 1 fully saturated rings. The number of carbonyl (C=O) groups is 4. The predicted molar refractivity (Wildman–Crippen MR) is 153 cm³/mol. The van der Waals surface area contributed by atoms with Crippen LogP contribution < -0.4 is 16.4 Å². The topological polar surface area (TPSA) is 131 Å². The van der Waals surface area contributed by atoms with E-state index in [0.29, 0.717) is 29.7 Å². The van der Waals surface area contributed by atoms with Gasteiger partial charge in [-0.25, -0.2) is 4.79 Å². The fourth-order valence-electron chi connectivity index (χ4n) is 4.53. The van der Waals surface area contributed by atoms with Crippen LogP contribution in [0.4, 0.5) is 10.5 Å². The number of rotatable bonds is 10. The summed E-state index contributed by atoms with van der Waals surface area (Å²) in [6.45, 7) is 8.89. The lowest BCUT2D eigenvalue weighted by Crippen LogP contribution is -2.53. The quantitative estimate of drug-likeness (QED) is 0.386. The number of nitrogens with one attached hydrogen (secondary N) is 2. The minimum atomic E-state index is -1.16. The first kappa shape index (κ1) is 30.2. The molecular formula is C31H38N4O5. The van der Waals surface area contributed by atoms with E-state index < -0.39 is 41.5 Å².